The fourth-order valence-electron chi connectivity index (χ4n) is 9.99. The van der Waals surface area contributed by atoms with Crippen LogP contribution in [0.15, 0.2) is 11.6 Å². The van der Waals surface area contributed by atoms with Gasteiger partial charge in [-0.3, -0.25) is 0 Å². The van der Waals surface area contributed by atoms with E-state index in [1.807, 2.05) is 0 Å². The lowest BCUT2D eigenvalue weighted by Crippen LogP contribution is -2.22. The molecule has 3 atom stereocenters. The number of rotatable bonds is 10. The first kappa shape index (κ1) is 31.7. The van der Waals surface area contributed by atoms with Crippen molar-refractivity contribution in [2.45, 2.75) is 188 Å². The molecule has 0 N–H and O–H groups in total. The van der Waals surface area contributed by atoms with E-state index >= 15 is 0 Å². The summed E-state index contributed by atoms with van der Waals surface area (Å²) in [5.74, 6) is 8.27. The Morgan fingerprint density at radius 2 is 1.28 bits per heavy atom. The molecule has 0 aliphatic heterocycles. The van der Waals surface area contributed by atoms with E-state index in [-0.39, 0.29) is 0 Å². The molecule has 5 aliphatic rings. The molecular weight excluding hydrogens is 468 g/mol. The third kappa shape index (κ3) is 10.5. The van der Waals surface area contributed by atoms with E-state index in [1.165, 1.54) is 128 Å². The van der Waals surface area contributed by atoms with Gasteiger partial charge in [-0.1, -0.05) is 154 Å². The second-order valence-electron chi connectivity index (χ2n) is 15.6. The van der Waals surface area contributed by atoms with Gasteiger partial charge < -0.3 is 0 Å². The van der Waals surface area contributed by atoms with Crippen LogP contribution in [0.1, 0.15) is 188 Å². The first-order chi connectivity index (χ1) is 19.1. The van der Waals surface area contributed by atoms with Crippen LogP contribution in [-0.4, -0.2) is 0 Å². The van der Waals surface area contributed by atoms with E-state index in [0.717, 1.165) is 47.3 Å². The summed E-state index contributed by atoms with van der Waals surface area (Å²) in [6.07, 6.45) is 42.1. The van der Waals surface area contributed by atoms with Crippen molar-refractivity contribution in [3.05, 3.63) is 11.6 Å². The van der Waals surface area contributed by atoms with Gasteiger partial charge in [-0.15, -0.1) is 0 Å². The molecule has 0 saturated heterocycles. The lowest BCUT2D eigenvalue weighted by molar-refractivity contribution is 0.177. The van der Waals surface area contributed by atoms with Gasteiger partial charge in [0, 0.05) is 0 Å². The summed E-state index contributed by atoms with van der Waals surface area (Å²) in [5, 5.41) is 0. The van der Waals surface area contributed by atoms with Crippen molar-refractivity contribution in [3.63, 3.8) is 0 Å². The molecule has 4 fully saturated rings. The van der Waals surface area contributed by atoms with Gasteiger partial charge in [0.1, 0.15) is 0 Å². The number of unbranched alkanes of at least 4 members (excludes halogenated alkanes) is 3. The Morgan fingerprint density at radius 3 is 1.92 bits per heavy atom. The molecule has 0 bridgehead atoms. The lowest BCUT2D eigenvalue weighted by Gasteiger charge is -2.34. The van der Waals surface area contributed by atoms with Crippen LogP contribution in [0.4, 0.5) is 0 Å². The minimum Gasteiger partial charge on any atom is -0.0819 e. The first-order valence-electron chi connectivity index (χ1n) is 18.8. The van der Waals surface area contributed by atoms with Crippen LogP contribution >= 0.6 is 0 Å². The maximum Gasteiger partial charge on any atom is -0.0172 e. The highest BCUT2D eigenvalue weighted by atomic mass is 14.4. The Hall–Kier alpha value is -0.260. The summed E-state index contributed by atoms with van der Waals surface area (Å²) in [5.41, 5.74) is 1.76. The SMILES string of the molecule is CC1=CC(C2CCCCC2)CC1C1CCC(C)CC1.CCCCCCC(CC1CCCCC1)C1CCCCC1. The van der Waals surface area contributed by atoms with E-state index in [4.69, 9.17) is 0 Å². The number of hydrogen-bond acceptors (Lipinski definition) is 0. The minimum absolute atomic E-state index is 0.949. The second-order valence-corrected chi connectivity index (χ2v) is 15.6. The maximum atomic E-state index is 2.69. The molecule has 0 aromatic carbocycles. The molecule has 39 heavy (non-hydrogen) atoms. The standard InChI is InChI=1S/C20H38.C19H32/c1-2-3-4-9-16-20(19-14-10-6-11-15-19)17-18-12-7-5-8-13-18;1-14-8-10-17(11-9-14)19-13-18(12-15(19)2)16-6-4-3-5-7-16/h18-20H,2-17H2,1H3;12,14,16-19H,3-11,13H2,1-2H3. The Balaban J connectivity index is 0.000000181. The summed E-state index contributed by atoms with van der Waals surface area (Å²) in [4.78, 5) is 0. The first-order valence-corrected chi connectivity index (χ1v) is 18.8. The molecule has 5 rings (SSSR count). The monoisotopic (exact) mass is 539 g/mol. The van der Waals surface area contributed by atoms with Gasteiger partial charge >= 0.3 is 0 Å². The minimum atomic E-state index is 0.949. The average Bonchev–Trinajstić information content (AvgIpc) is 3.38. The molecule has 0 aromatic heterocycles. The van der Waals surface area contributed by atoms with E-state index < -0.39 is 0 Å². The fourth-order valence-corrected chi connectivity index (χ4v) is 9.99. The normalized spacial score (nSPS) is 32.3. The average molecular weight is 539 g/mol. The highest BCUT2D eigenvalue weighted by Gasteiger charge is 2.35. The molecule has 0 nitrogen and oxygen atoms in total. The van der Waals surface area contributed by atoms with Crippen molar-refractivity contribution in [2.75, 3.05) is 0 Å². The van der Waals surface area contributed by atoms with E-state index in [1.54, 1.807) is 44.1 Å². The number of allylic oxidation sites excluding steroid dienone is 2. The zero-order valence-electron chi connectivity index (χ0n) is 27.1. The van der Waals surface area contributed by atoms with Gasteiger partial charge in [0.05, 0.1) is 0 Å². The third-order valence-corrected chi connectivity index (χ3v) is 12.6. The van der Waals surface area contributed by atoms with Crippen molar-refractivity contribution >= 4 is 0 Å². The fraction of sp³-hybridized carbons (Fsp3) is 0.949. The maximum absolute atomic E-state index is 2.69. The largest absolute Gasteiger partial charge is 0.0819 e. The van der Waals surface area contributed by atoms with Gasteiger partial charge in [-0.25, -0.2) is 0 Å². The van der Waals surface area contributed by atoms with Gasteiger partial charge in [0.25, 0.3) is 0 Å². The zero-order chi connectivity index (χ0) is 27.3. The predicted molar refractivity (Wildman–Crippen MR) is 173 cm³/mol. The molecule has 4 saturated carbocycles. The highest BCUT2D eigenvalue weighted by molar-refractivity contribution is 5.16. The van der Waals surface area contributed by atoms with Gasteiger partial charge in [0.15, 0.2) is 0 Å². The quantitative estimate of drug-likeness (QED) is 0.192. The summed E-state index contributed by atoms with van der Waals surface area (Å²) < 4.78 is 0. The molecule has 0 spiro atoms. The molecule has 226 valence electrons. The molecular formula is C39H70. The van der Waals surface area contributed by atoms with Crippen LogP contribution in [0, 0.1) is 47.3 Å². The predicted octanol–water partition coefficient (Wildman–Crippen LogP) is 13.1. The Labute approximate surface area is 246 Å². The topological polar surface area (TPSA) is 0 Å². The van der Waals surface area contributed by atoms with Gasteiger partial charge in [-0.2, -0.15) is 0 Å². The van der Waals surface area contributed by atoms with Crippen molar-refractivity contribution < 1.29 is 0 Å². The van der Waals surface area contributed by atoms with Crippen molar-refractivity contribution in [1.29, 1.82) is 0 Å². The van der Waals surface area contributed by atoms with Gasteiger partial charge in [-0.05, 0) is 92.8 Å². The Morgan fingerprint density at radius 1 is 0.667 bits per heavy atom. The van der Waals surface area contributed by atoms with Crippen LogP contribution in [0.2, 0.25) is 0 Å². The summed E-state index contributed by atoms with van der Waals surface area (Å²) in [6.45, 7) is 7.21. The van der Waals surface area contributed by atoms with Crippen LogP contribution in [0.5, 0.6) is 0 Å². The van der Waals surface area contributed by atoms with E-state index in [2.05, 4.69) is 26.8 Å². The summed E-state index contributed by atoms with van der Waals surface area (Å²) >= 11 is 0. The third-order valence-electron chi connectivity index (χ3n) is 12.6. The lowest BCUT2D eigenvalue weighted by atomic mass is 9.72. The van der Waals surface area contributed by atoms with Crippen LogP contribution < -0.4 is 0 Å². The van der Waals surface area contributed by atoms with E-state index in [0.29, 0.717) is 0 Å². The molecule has 3 unspecified atom stereocenters. The molecule has 0 aromatic rings. The van der Waals surface area contributed by atoms with Gasteiger partial charge in [0.2, 0.25) is 0 Å². The van der Waals surface area contributed by atoms with Crippen LogP contribution in [0.3, 0.4) is 0 Å². The van der Waals surface area contributed by atoms with Crippen LogP contribution in [-0.2, 0) is 0 Å². The molecule has 5 aliphatic carbocycles. The molecule has 0 heteroatoms. The van der Waals surface area contributed by atoms with Crippen molar-refractivity contribution in [3.8, 4) is 0 Å². The second kappa shape index (κ2) is 17.6. The number of hydrogen-bond donors (Lipinski definition) is 0. The molecule has 0 amide bonds. The van der Waals surface area contributed by atoms with Crippen molar-refractivity contribution in [2.24, 2.45) is 47.3 Å². The Bertz CT molecular complexity index is 648. The van der Waals surface area contributed by atoms with E-state index in [9.17, 15) is 0 Å². The summed E-state index contributed by atoms with van der Waals surface area (Å²) in [6, 6.07) is 0. The smallest absolute Gasteiger partial charge is 0.0172 e. The Kier molecular flexibility index (Phi) is 14.3. The zero-order valence-corrected chi connectivity index (χ0v) is 27.1. The highest BCUT2D eigenvalue weighted by Crippen LogP contribution is 2.47. The van der Waals surface area contributed by atoms with Crippen LogP contribution in [0.25, 0.3) is 0 Å². The molecule has 0 heterocycles. The molecule has 0 radical (unpaired) electrons. The summed E-state index contributed by atoms with van der Waals surface area (Å²) in [7, 11) is 0. The van der Waals surface area contributed by atoms with Crippen molar-refractivity contribution in [1.82, 2.24) is 0 Å².